The third-order valence-electron chi connectivity index (χ3n) is 5.82. The molecule has 182 valence electrons. The van der Waals surface area contributed by atoms with Crippen molar-refractivity contribution < 1.29 is 9.21 Å². The Morgan fingerprint density at radius 2 is 1.86 bits per heavy atom. The molecule has 0 bridgehead atoms. The first-order valence-electron chi connectivity index (χ1n) is 11.7. The van der Waals surface area contributed by atoms with Crippen LogP contribution in [0.4, 0.5) is 6.01 Å². The van der Waals surface area contributed by atoms with E-state index in [-0.39, 0.29) is 11.3 Å². The molecular weight excluding hydrogens is 446 g/mol. The minimum absolute atomic E-state index is 0.0388. The fourth-order valence-electron chi connectivity index (χ4n) is 4.08. The van der Waals surface area contributed by atoms with E-state index < -0.39 is 0 Å². The number of oxazole rings is 1. The van der Waals surface area contributed by atoms with Crippen LogP contribution in [0.3, 0.4) is 0 Å². The van der Waals surface area contributed by atoms with E-state index in [1.54, 1.807) is 11.0 Å². The zero-order chi connectivity index (χ0) is 24.7. The average Bonchev–Trinajstić information content (AvgIpc) is 3.44. The number of tetrazole rings is 1. The van der Waals surface area contributed by atoms with Gasteiger partial charge in [-0.3, -0.25) is 9.78 Å². The van der Waals surface area contributed by atoms with E-state index in [4.69, 9.17) is 4.42 Å². The number of hydrogen-bond acceptors (Lipinski definition) is 9. The van der Waals surface area contributed by atoms with Gasteiger partial charge in [0.15, 0.2) is 5.58 Å². The van der Waals surface area contributed by atoms with Gasteiger partial charge in [-0.05, 0) is 48.2 Å². The van der Waals surface area contributed by atoms with Crippen LogP contribution >= 0.6 is 0 Å². The molecule has 0 spiro atoms. The van der Waals surface area contributed by atoms with Crippen LogP contribution in [0, 0.1) is 19.3 Å². The summed E-state index contributed by atoms with van der Waals surface area (Å²) in [6, 6.07) is 6.17. The Labute approximate surface area is 203 Å². The lowest BCUT2D eigenvalue weighted by molar-refractivity contribution is 0.0744. The van der Waals surface area contributed by atoms with Crippen molar-refractivity contribution in [3.05, 3.63) is 41.2 Å². The first-order chi connectivity index (χ1) is 16.7. The molecule has 0 N–H and O–H groups in total. The van der Waals surface area contributed by atoms with Crippen molar-refractivity contribution in [2.45, 2.75) is 41.2 Å². The van der Waals surface area contributed by atoms with Crippen LogP contribution in [0.25, 0.3) is 22.7 Å². The molecule has 0 aromatic carbocycles. The Bertz CT molecular complexity index is 1380. The topological polar surface area (TPSA) is 119 Å². The lowest BCUT2D eigenvalue weighted by atomic mass is 9.97. The quantitative estimate of drug-likeness (QED) is 0.439. The van der Waals surface area contributed by atoms with Crippen molar-refractivity contribution in [2.24, 2.45) is 5.41 Å². The van der Waals surface area contributed by atoms with E-state index >= 15 is 0 Å². The van der Waals surface area contributed by atoms with E-state index in [0.717, 1.165) is 11.3 Å². The van der Waals surface area contributed by atoms with Gasteiger partial charge in [0.05, 0.1) is 12.1 Å². The molecule has 35 heavy (non-hydrogen) atoms. The van der Waals surface area contributed by atoms with Crippen LogP contribution < -0.4 is 4.90 Å². The van der Waals surface area contributed by atoms with Gasteiger partial charge in [-0.1, -0.05) is 20.8 Å². The molecule has 0 aliphatic carbocycles. The number of aryl methyl sites for hydroxylation is 2. The Kier molecular flexibility index (Phi) is 5.70. The van der Waals surface area contributed by atoms with Gasteiger partial charge in [0.25, 0.3) is 11.9 Å². The summed E-state index contributed by atoms with van der Waals surface area (Å²) in [7, 11) is 0. The lowest BCUT2D eigenvalue weighted by Crippen LogP contribution is -2.49. The molecule has 0 radical (unpaired) electrons. The number of pyridine rings is 2. The summed E-state index contributed by atoms with van der Waals surface area (Å²) in [5.74, 6) is 0.411. The molecule has 11 heteroatoms. The van der Waals surface area contributed by atoms with Gasteiger partial charge < -0.3 is 14.2 Å². The Morgan fingerprint density at radius 3 is 2.57 bits per heavy atom. The summed E-state index contributed by atoms with van der Waals surface area (Å²) in [6.07, 6.45) is 1.59. The minimum atomic E-state index is -0.0500. The zero-order valence-electron chi connectivity index (χ0n) is 20.7. The molecule has 5 heterocycles. The van der Waals surface area contributed by atoms with Gasteiger partial charge in [0.2, 0.25) is 11.5 Å². The molecular formula is C24H29N9O2. The summed E-state index contributed by atoms with van der Waals surface area (Å²) in [6.45, 7) is 13.2. The second-order valence-corrected chi connectivity index (χ2v) is 10.1. The summed E-state index contributed by atoms with van der Waals surface area (Å²) in [5.41, 5.74) is 4.21. The maximum absolute atomic E-state index is 13.2. The second kappa shape index (κ2) is 8.71. The van der Waals surface area contributed by atoms with Crippen molar-refractivity contribution in [2.75, 3.05) is 31.1 Å². The standard InChI is InChI=1S/C24H29N9O2/c1-15-12-17(13-25-19(15)21-28-30-33(29-21)14-24(3,4)5)22(34)31-8-10-32(11-9-31)23-27-20-18(35-23)7-6-16(2)26-20/h6-7,12-13H,8-11,14H2,1-5H3. The van der Waals surface area contributed by atoms with E-state index in [9.17, 15) is 4.79 Å². The maximum Gasteiger partial charge on any atom is 0.300 e. The van der Waals surface area contributed by atoms with Crippen LogP contribution in [-0.4, -0.2) is 72.1 Å². The molecule has 0 unspecified atom stereocenters. The SMILES string of the molecule is Cc1ccc2oc(N3CCN(C(=O)c4cnc(-c5nnn(CC(C)(C)C)n5)c(C)c4)CC3)nc2n1. The summed E-state index contributed by atoms with van der Waals surface area (Å²) >= 11 is 0. The highest BCUT2D eigenvalue weighted by atomic mass is 16.4. The highest BCUT2D eigenvalue weighted by Gasteiger charge is 2.26. The predicted molar refractivity (Wildman–Crippen MR) is 130 cm³/mol. The first-order valence-corrected chi connectivity index (χ1v) is 11.7. The molecule has 1 saturated heterocycles. The van der Waals surface area contributed by atoms with Gasteiger partial charge in [0, 0.05) is 38.1 Å². The zero-order valence-corrected chi connectivity index (χ0v) is 20.7. The number of nitrogens with zero attached hydrogens (tertiary/aromatic N) is 9. The molecule has 0 saturated carbocycles. The van der Waals surface area contributed by atoms with Crippen molar-refractivity contribution in [3.63, 3.8) is 0 Å². The highest BCUT2D eigenvalue weighted by Crippen LogP contribution is 2.23. The lowest BCUT2D eigenvalue weighted by Gasteiger charge is -2.33. The summed E-state index contributed by atoms with van der Waals surface area (Å²) < 4.78 is 5.86. The van der Waals surface area contributed by atoms with E-state index in [0.29, 0.717) is 67.1 Å². The molecule has 4 aromatic heterocycles. The number of carbonyl (C=O) groups is 1. The number of amides is 1. The Morgan fingerprint density at radius 1 is 1.09 bits per heavy atom. The number of anilines is 1. The number of piperazine rings is 1. The normalized spacial score (nSPS) is 14.7. The third-order valence-corrected chi connectivity index (χ3v) is 5.82. The molecule has 1 amide bonds. The molecule has 1 fully saturated rings. The third kappa shape index (κ3) is 4.84. The molecule has 0 atom stereocenters. The van der Waals surface area contributed by atoms with E-state index in [2.05, 4.69) is 51.1 Å². The van der Waals surface area contributed by atoms with Crippen LogP contribution in [0.2, 0.25) is 0 Å². The van der Waals surface area contributed by atoms with Crippen molar-refractivity contribution in [1.29, 1.82) is 0 Å². The van der Waals surface area contributed by atoms with Crippen LogP contribution in [-0.2, 0) is 6.54 Å². The average molecular weight is 476 g/mol. The molecule has 4 aromatic rings. The minimum Gasteiger partial charge on any atom is -0.422 e. The number of rotatable bonds is 4. The van der Waals surface area contributed by atoms with Crippen molar-refractivity contribution in [3.8, 4) is 11.5 Å². The Hall–Kier alpha value is -3.89. The monoisotopic (exact) mass is 475 g/mol. The molecule has 5 rings (SSSR count). The molecule has 1 aliphatic heterocycles. The van der Waals surface area contributed by atoms with Crippen molar-refractivity contribution >= 4 is 23.2 Å². The highest BCUT2D eigenvalue weighted by molar-refractivity contribution is 5.94. The number of hydrogen-bond donors (Lipinski definition) is 0. The molecule has 1 aliphatic rings. The number of fused-ring (bicyclic) bond motifs is 1. The van der Waals surface area contributed by atoms with Crippen LogP contribution in [0.5, 0.6) is 0 Å². The van der Waals surface area contributed by atoms with E-state index in [1.807, 2.05) is 41.8 Å². The summed E-state index contributed by atoms with van der Waals surface area (Å²) in [4.78, 5) is 32.0. The predicted octanol–water partition coefficient (Wildman–Crippen LogP) is 2.90. The Balaban J connectivity index is 1.25. The summed E-state index contributed by atoms with van der Waals surface area (Å²) in [5, 5.41) is 12.8. The number of aromatic nitrogens is 7. The van der Waals surface area contributed by atoms with Gasteiger partial charge in [-0.25, -0.2) is 4.98 Å². The molecule has 11 nitrogen and oxygen atoms in total. The van der Waals surface area contributed by atoms with Gasteiger partial charge in [-0.15, -0.1) is 10.2 Å². The number of carbonyl (C=O) groups excluding carboxylic acids is 1. The second-order valence-electron chi connectivity index (χ2n) is 10.1. The van der Waals surface area contributed by atoms with Gasteiger partial charge >= 0.3 is 0 Å². The fraction of sp³-hybridized carbons (Fsp3) is 0.458. The fourth-order valence-corrected chi connectivity index (χ4v) is 4.08. The smallest absolute Gasteiger partial charge is 0.300 e. The van der Waals surface area contributed by atoms with Crippen LogP contribution in [0.1, 0.15) is 42.4 Å². The van der Waals surface area contributed by atoms with Gasteiger partial charge in [0.1, 0.15) is 5.69 Å². The van der Waals surface area contributed by atoms with Crippen LogP contribution in [0.15, 0.2) is 28.8 Å². The van der Waals surface area contributed by atoms with Crippen molar-refractivity contribution in [1.82, 2.24) is 40.1 Å². The largest absolute Gasteiger partial charge is 0.422 e. The maximum atomic E-state index is 13.2. The first kappa shape index (κ1) is 22.9. The van der Waals surface area contributed by atoms with Gasteiger partial charge in [-0.2, -0.15) is 9.78 Å². The van der Waals surface area contributed by atoms with E-state index in [1.165, 1.54) is 0 Å².